The molecule has 136 valence electrons. The van der Waals surface area contributed by atoms with E-state index in [0.29, 0.717) is 23.0 Å². The van der Waals surface area contributed by atoms with E-state index in [2.05, 4.69) is 10.00 Å². The van der Waals surface area contributed by atoms with Crippen molar-refractivity contribution < 1.29 is 5.11 Å². The van der Waals surface area contributed by atoms with Gasteiger partial charge in [-0.25, -0.2) is 4.98 Å². The average Bonchev–Trinajstić information content (AvgIpc) is 3.26. The average molecular weight is 409 g/mol. The van der Waals surface area contributed by atoms with E-state index in [4.69, 9.17) is 28.2 Å². The summed E-state index contributed by atoms with van der Waals surface area (Å²) in [6.07, 6.45) is 3.79. The second-order valence-electron chi connectivity index (χ2n) is 6.63. The molecule has 0 saturated heterocycles. The Bertz CT molecular complexity index is 955. The number of aliphatic hydroxyl groups excluding tert-OH is 1. The standard InChI is InChI=1S/C18H18Cl2N4OS/c1-23(8-12-9-26-18(22-12)10-6-21-24(2)7-10)17-14-3-11(19)4-15(20)13(14)5-16(17)25/h3-4,6-7,9,16-17,25H,5,8H2,1-2H3/t16-,17+/m1/s1. The predicted octanol–water partition coefficient (Wildman–Crippen LogP) is 3.94. The van der Waals surface area contributed by atoms with E-state index in [0.717, 1.165) is 27.4 Å². The molecule has 3 aromatic rings. The summed E-state index contributed by atoms with van der Waals surface area (Å²) in [5, 5.41) is 19.0. The van der Waals surface area contributed by atoms with Crippen molar-refractivity contribution in [3.8, 4) is 10.6 Å². The highest BCUT2D eigenvalue weighted by Gasteiger charge is 2.35. The van der Waals surface area contributed by atoms with E-state index in [9.17, 15) is 5.11 Å². The topological polar surface area (TPSA) is 54.2 Å². The molecule has 2 heterocycles. The monoisotopic (exact) mass is 408 g/mol. The first-order chi connectivity index (χ1) is 12.4. The van der Waals surface area contributed by atoms with Crippen LogP contribution >= 0.6 is 34.5 Å². The number of rotatable bonds is 4. The van der Waals surface area contributed by atoms with Crippen molar-refractivity contribution >= 4 is 34.5 Å². The van der Waals surface area contributed by atoms with Crippen molar-refractivity contribution in [1.29, 1.82) is 0 Å². The fraction of sp³-hybridized carbons (Fsp3) is 0.333. The van der Waals surface area contributed by atoms with Gasteiger partial charge in [0.15, 0.2) is 0 Å². The van der Waals surface area contributed by atoms with Crippen LogP contribution in [0.25, 0.3) is 10.6 Å². The molecule has 0 saturated carbocycles. The summed E-state index contributed by atoms with van der Waals surface area (Å²) < 4.78 is 1.77. The largest absolute Gasteiger partial charge is 0.391 e. The smallest absolute Gasteiger partial charge is 0.126 e. The molecule has 5 nitrogen and oxygen atoms in total. The number of likely N-dealkylation sites (N-methyl/N-ethyl adjacent to an activating group) is 1. The number of aryl methyl sites for hydroxylation is 1. The second-order valence-corrected chi connectivity index (χ2v) is 8.34. The lowest BCUT2D eigenvalue weighted by atomic mass is 10.1. The first-order valence-corrected chi connectivity index (χ1v) is 9.85. The molecule has 0 unspecified atom stereocenters. The fourth-order valence-electron chi connectivity index (χ4n) is 3.56. The maximum atomic E-state index is 10.6. The Hall–Kier alpha value is -1.44. The van der Waals surface area contributed by atoms with Crippen molar-refractivity contribution in [2.75, 3.05) is 7.05 Å². The molecule has 0 radical (unpaired) electrons. The van der Waals surface area contributed by atoms with Gasteiger partial charge in [-0.3, -0.25) is 9.58 Å². The molecule has 2 aromatic heterocycles. The van der Waals surface area contributed by atoms with Crippen LogP contribution < -0.4 is 0 Å². The molecule has 0 bridgehead atoms. The molecule has 4 rings (SSSR count). The second kappa shape index (κ2) is 6.94. The minimum absolute atomic E-state index is 0.148. The summed E-state index contributed by atoms with van der Waals surface area (Å²) >= 11 is 14.1. The van der Waals surface area contributed by atoms with E-state index < -0.39 is 6.10 Å². The van der Waals surface area contributed by atoms with E-state index in [1.54, 1.807) is 22.1 Å². The lowest BCUT2D eigenvalue weighted by Gasteiger charge is -2.27. The van der Waals surface area contributed by atoms with Crippen LogP contribution in [0.1, 0.15) is 22.9 Å². The van der Waals surface area contributed by atoms with Crippen LogP contribution in [-0.2, 0) is 20.0 Å². The lowest BCUT2D eigenvalue weighted by molar-refractivity contribution is 0.0719. The van der Waals surface area contributed by atoms with Gasteiger partial charge in [-0.1, -0.05) is 23.2 Å². The fourth-order valence-corrected chi connectivity index (χ4v) is 4.93. The first kappa shape index (κ1) is 17.9. The number of nitrogens with zero attached hydrogens (tertiary/aromatic N) is 4. The number of thiazole rings is 1. The number of hydrogen-bond acceptors (Lipinski definition) is 5. The van der Waals surface area contributed by atoms with Gasteiger partial charge in [0.1, 0.15) is 5.01 Å². The molecule has 0 spiro atoms. The molecule has 1 aromatic carbocycles. The summed E-state index contributed by atoms with van der Waals surface area (Å²) in [5.41, 5.74) is 3.95. The number of fused-ring (bicyclic) bond motifs is 1. The molecule has 0 fully saturated rings. The summed E-state index contributed by atoms with van der Waals surface area (Å²) in [5.74, 6) is 0. The highest BCUT2D eigenvalue weighted by molar-refractivity contribution is 7.13. The summed E-state index contributed by atoms with van der Waals surface area (Å²) in [4.78, 5) is 6.81. The van der Waals surface area contributed by atoms with Gasteiger partial charge in [0.2, 0.25) is 0 Å². The van der Waals surface area contributed by atoms with Gasteiger partial charge >= 0.3 is 0 Å². The van der Waals surface area contributed by atoms with Gasteiger partial charge in [-0.15, -0.1) is 11.3 Å². The van der Waals surface area contributed by atoms with Crippen LogP contribution in [0.2, 0.25) is 10.0 Å². The third kappa shape index (κ3) is 3.28. The van der Waals surface area contributed by atoms with Crippen molar-refractivity contribution in [2.24, 2.45) is 7.05 Å². The Morgan fingerprint density at radius 1 is 1.38 bits per heavy atom. The Balaban J connectivity index is 1.56. The Labute approximate surface area is 165 Å². The van der Waals surface area contributed by atoms with Crippen LogP contribution in [0.15, 0.2) is 29.9 Å². The van der Waals surface area contributed by atoms with Gasteiger partial charge in [0, 0.05) is 47.2 Å². The van der Waals surface area contributed by atoms with Gasteiger partial charge < -0.3 is 5.11 Å². The Kier molecular flexibility index (Phi) is 4.79. The molecule has 1 aliphatic rings. The van der Waals surface area contributed by atoms with Crippen LogP contribution in [0, 0.1) is 0 Å². The Morgan fingerprint density at radius 2 is 2.19 bits per heavy atom. The molecule has 0 amide bonds. The zero-order valence-corrected chi connectivity index (χ0v) is 16.7. The molecule has 26 heavy (non-hydrogen) atoms. The molecule has 1 N–H and O–H groups in total. The molecule has 1 aliphatic carbocycles. The maximum absolute atomic E-state index is 10.6. The van der Waals surface area contributed by atoms with Crippen LogP contribution in [-0.4, -0.2) is 37.9 Å². The SMILES string of the molecule is CN(Cc1csc(-c2cnn(C)c2)n1)[C@H]1c2cc(Cl)cc(Cl)c2C[C@H]1O. The number of aliphatic hydroxyl groups is 1. The normalized spacial score (nSPS) is 19.3. The first-order valence-electron chi connectivity index (χ1n) is 8.22. The molecular weight excluding hydrogens is 391 g/mol. The van der Waals surface area contributed by atoms with Crippen molar-refractivity contribution in [3.63, 3.8) is 0 Å². The third-order valence-electron chi connectivity index (χ3n) is 4.68. The highest BCUT2D eigenvalue weighted by atomic mass is 35.5. The van der Waals surface area contributed by atoms with Gasteiger partial charge in [-0.05, 0) is 30.3 Å². The minimum atomic E-state index is -0.512. The molecule has 2 atom stereocenters. The van der Waals surface area contributed by atoms with Crippen molar-refractivity contribution in [3.05, 3.63) is 56.8 Å². The quantitative estimate of drug-likeness (QED) is 0.709. The van der Waals surface area contributed by atoms with Gasteiger partial charge in [-0.2, -0.15) is 5.10 Å². The highest BCUT2D eigenvalue weighted by Crippen LogP contribution is 2.41. The molecular formula is C18H18Cl2N4OS. The van der Waals surface area contributed by atoms with E-state index in [1.165, 1.54) is 0 Å². The lowest BCUT2D eigenvalue weighted by Crippen LogP contribution is -2.30. The van der Waals surface area contributed by atoms with Crippen LogP contribution in [0.5, 0.6) is 0 Å². The zero-order chi connectivity index (χ0) is 18.4. The Morgan fingerprint density at radius 3 is 2.92 bits per heavy atom. The summed E-state index contributed by atoms with van der Waals surface area (Å²) in [6.45, 7) is 0.627. The minimum Gasteiger partial charge on any atom is -0.391 e. The summed E-state index contributed by atoms with van der Waals surface area (Å²) in [7, 11) is 3.88. The van der Waals surface area contributed by atoms with Gasteiger partial charge in [0.25, 0.3) is 0 Å². The number of halogens is 2. The number of aromatic nitrogens is 3. The molecule has 8 heteroatoms. The van der Waals surface area contributed by atoms with Crippen LogP contribution in [0.3, 0.4) is 0 Å². The van der Waals surface area contributed by atoms with Crippen molar-refractivity contribution in [2.45, 2.75) is 25.1 Å². The number of benzene rings is 1. The summed E-state index contributed by atoms with van der Waals surface area (Å²) in [6, 6.07) is 3.49. The van der Waals surface area contributed by atoms with Crippen molar-refractivity contribution in [1.82, 2.24) is 19.7 Å². The predicted molar refractivity (Wildman–Crippen MR) is 105 cm³/mol. The van der Waals surface area contributed by atoms with E-state index in [1.807, 2.05) is 37.9 Å². The number of hydrogen-bond donors (Lipinski definition) is 1. The maximum Gasteiger partial charge on any atom is 0.126 e. The van der Waals surface area contributed by atoms with E-state index in [-0.39, 0.29) is 6.04 Å². The third-order valence-corrected chi connectivity index (χ3v) is 6.18. The molecule has 0 aliphatic heterocycles. The van der Waals surface area contributed by atoms with E-state index >= 15 is 0 Å². The zero-order valence-electron chi connectivity index (χ0n) is 14.4. The van der Waals surface area contributed by atoms with Crippen LogP contribution in [0.4, 0.5) is 0 Å². The van der Waals surface area contributed by atoms with Gasteiger partial charge in [0.05, 0.1) is 24.0 Å².